The fourth-order valence-electron chi connectivity index (χ4n) is 1.64. The van der Waals surface area contributed by atoms with Gasteiger partial charge in [-0.2, -0.15) is 0 Å². The van der Waals surface area contributed by atoms with Crippen LogP contribution in [0.15, 0.2) is 41.1 Å². The standard InChI is InChI=1S/C14H24N4O/c1-14(2,10-15-3)11-16-13-12(19)8-6-4-5-7-9-17-18-13/h4-8,15,17,19H,9-11H2,1-3H3,(H,16,18)/b6-4-,7-5+,12-8-. The number of hydrazine groups is 1. The van der Waals surface area contributed by atoms with E-state index in [4.69, 9.17) is 0 Å². The third kappa shape index (κ3) is 6.22. The molecule has 0 aromatic heterocycles. The highest BCUT2D eigenvalue weighted by Crippen LogP contribution is 2.14. The summed E-state index contributed by atoms with van der Waals surface area (Å²) in [5.74, 6) is 0.587. The van der Waals surface area contributed by atoms with Gasteiger partial charge in [-0.3, -0.25) is 4.99 Å². The number of aliphatic hydroxyl groups excluding tert-OH is 1. The van der Waals surface area contributed by atoms with E-state index in [9.17, 15) is 5.11 Å². The average Bonchev–Trinajstić information content (AvgIpc) is 2.35. The summed E-state index contributed by atoms with van der Waals surface area (Å²) in [5.41, 5.74) is 5.95. The van der Waals surface area contributed by atoms with Gasteiger partial charge in [0.2, 0.25) is 0 Å². The number of rotatable bonds is 4. The molecule has 0 atom stereocenters. The zero-order valence-corrected chi connectivity index (χ0v) is 11.9. The molecule has 0 bridgehead atoms. The van der Waals surface area contributed by atoms with Gasteiger partial charge in [-0.15, -0.1) is 0 Å². The second-order valence-electron chi connectivity index (χ2n) is 5.23. The SMILES string of the molecule is CNCC(C)(C)CN=C1NNC/C=C/C=C\C=C\1O. The smallest absolute Gasteiger partial charge is 0.178 e. The molecule has 1 heterocycles. The van der Waals surface area contributed by atoms with Crippen molar-refractivity contribution in [1.29, 1.82) is 0 Å². The van der Waals surface area contributed by atoms with Gasteiger partial charge in [0.1, 0.15) is 0 Å². The van der Waals surface area contributed by atoms with E-state index < -0.39 is 0 Å². The van der Waals surface area contributed by atoms with Crippen LogP contribution >= 0.6 is 0 Å². The number of hydrogen-bond acceptors (Lipinski definition) is 4. The van der Waals surface area contributed by atoms with Gasteiger partial charge in [0.25, 0.3) is 0 Å². The molecule has 0 aromatic carbocycles. The summed E-state index contributed by atoms with van der Waals surface area (Å²) >= 11 is 0. The van der Waals surface area contributed by atoms with Crippen molar-refractivity contribution in [3.63, 3.8) is 0 Å². The number of amidine groups is 1. The highest BCUT2D eigenvalue weighted by molar-refractivity contribution is 5.96. The first kappa shape index (κ1) is 15.5. The number of hydrogen-bond donors (Lipinski definition) is 4. The minimum atomic E-state index is 0.0365. The Morgan fingerprint density at radius 3 is 2.89 bits per heavy atom. The van der Waals surface area contributed by atoms with E-state index in [1.54, 1.807) is 12.2 Å². The van der Waals surface area contributed by atoms with Crippen molar-refractivity contribution in [1.82, 2.24) is 16.2 Å². The van der Waals surface area contributed by atoms with Crippen LogP contribution in [0.1, 0.15) is 13.8 Å². The van der Waals surface area contributed by atoms with Crippen LogP contribution < -0.4 is 16.2 Å². The van der Waals surface area contributed by atoms with E-state index in [1.807, 2.05) is 25.3 Å². The van der Waals surface area contributed by atoms with Crippen molar-refractivity contribution in [2.45, 2.75) is 13.8 Å². The van der Waals surface area contributed by atoms with Gasteiger partial charge < -0.3 is 15.8 Å². The monoisotopic (exact) mass is 264 g/mol. The molecule has 0 aromatic rings. The van der Waals surface area contributed by atoms with Crippen molar-refractivity contribution < 1.29 is 5.11 Å². The molecule has 1 aliphatic heterocycles. The Balaban J connectivity index is 2.77. The summed E-state index contributed by atoms with van der Waals surface area (Å²) in [6, 6.07) is 0. The molecule has 1 aliphatic rings. The largest absolute Gasteiger partial charge is 0.504 e. The molecule has 0 saturated carbocycles. The summed E-state index contributed by atoms with van der Waals surface area (Å²) in [4.78, 5) is 4.46. The molecule has 0 aliphatic carbocycles. The molecule has 19 heavy (non-hydrogen) atoms. The Morgan fingerprint density at radius 2 is 2.16 bits per heavy atom. The maximum absolute atomic E-state index is 9.95. The third-order valence-electron chi connectivity index (χ3n) is 2.60. The van der Waals surface area contributed by atoms with Gasteiger partial charge in [0, 0.05) is 19.6 Å². The lowest BCUT2D eigenvalue weighted by Crippen LogP contribution is -2.39. The zero-order valence-electron chi connectivity index (χ0n) is 11.9. The maximum Gasteiger partial charge on any atom is 0.178 e. The quantitative estimate of drug-likeness (QED) is 0.618. The molecule has 4 N–H and O–H groups in total. The van der Waals surface area contributed by atoms with Gasteiger partial charge in [-0.1, -0.05) is 38.2 Å². The Kier molecular flexibility index (Phi) is 6.32. The first-order valence-corrected chi connectivity index (χ1v) is 6.46. The van der Waals surface area contributed by atoms with Crippen LogP contribution in [-0.4, -0.2) is 37.6 Å². The highest BCUT2D eigenvalue weighted by atomic mass is 16.3. The van der Waals surface area contributed by atoms with Gasteiger partial charge in [-0.25, -0.2) is 5.43 Å². The number of aliphatic hydroxyl groups is 1. The Hall–Kier alpha value is -1.59. The lowest BCUT2D eigenvalue weighted by Gasteiger charge is -2.22. The van der Waals surface area contributed by atoms with Crippen LogP contribution in [0.2, 0.25) is 0 Å². The summed E-state index contributed by atoms with van der Waals surface area (Å²) in [6.45, 7) is 6.41. The van der Waals surface area contributed by atoms with Crippen molar-refractivity contribution in [3.05, 3.63) is 36.1 Å². The summed E-state index contributed by atoms with van der Waals surface area (Å²) in [6.07, 6.45) is 9.16. The Bertz CT molecular complexity index is 394. The van der Waals surface area contributed by atoms with E-state index in [0.717, 1.165) is 6.54 Å². The molecule has 0 radical (unpaired) electrons. The first-order chi connectivity index (χ1) is 9.05. The van der Waals surface area contributed by atoms with E-state index >= 15 is 0 Å². The van der Waals surface area contributed by atoms with Crippen molar-refractivity contribution in [2.75, 3.05) is 26.7 Å². The van der Waals surface area contributed by atoms with Gasteiger partial charge >= 0.3 is 0 Å². The fourth-order valence-corrected chi connectivity index (χ4v) is 1.64. The van der Waals surface area contributed by atoms with Crippen LogP contribution in [0.25, 0.3) is 0 Å². The molecule has 0 amide bonds. The van der Waals surface area contributed by atoms with Crippen molar-refractivity contribution in [3.8, 4) is 0 Å². The molecular formula is C14H24N4O. The predicted molar refractivity (Wildman–Crippen MR) is 80.1 cm³/mol. The predicted octanol–water partition coefficient (Wildman–Crippen LogP) is 1.29. The van der Waals surface area contributed by atoms with Crippen LogP contribution in [-0.2, 0) is 0 Å². The molecular weight excluding hydrogens is 240 g/mol. The van der Waals surface area contributed by atoms with Gasteiger partial charge in [-0.05, 0) is 18.5 Å². The van der Waals surface area contributed by atoms with Crippen molar-refractivity contribution in [2.24, 2.45) is 10.4 Å². The van der Waals surface area contributed by atoms with Gasteiger partial charge in [0.15, 0.2) is 11.6 Å². The Morgan fingerprint density at radius 1 is 1.37 bits per heavy atom. The van der Waals surface area contributed by atoms with E-state index in [0.29, 0.717) is 18.9 Å². The Labute approximate surface area is 115 Å². The van der Waals surface area contributed by atoms with Crippen LogP contribution in [0.4, 0.5) is 0 Å². The number of allylic oxidation sites excluding steroid dienone is 4. The lowest BCUT2D eigenvalue weighted by atomic mass is 9.94. The second kappa shape index (κ2) is 7.76. The molecule has 5 nitrogen and oxygen atoms in total. The molecule has 0 unspecified atom stereocenters. The molecule has 0 spiro atoms. The fraction of sp³-hybridized carbons (Fsp3) is 0.500. The van der Waals surface area contributed by atoms with E-state index in [-0.39, 0.29) is 11.2 Å². The molecule has 0 fully saturated rings. The summed E-state index contributed by atoms with van der Waals surface area (Å²) < 4.78 is 0. The minimum absolute atomic E-state index is 0.0365. The topological polar surface area (TPSA) is 68.7 Å². The van der Waals surface area contributed by atoms with Gasteiger partial charge in [0.05, 0.1) is 0 Å². The number of aliphatic imine (C=N–C) groups is 1. The lowest BCUT2D eigenvalue weighted by molar-refractivity contribution is 0.363. The summed E-state index contributed by atoms with van der Waals surface area (Å²) in [7, 11) is 1.92. The maximum atomic E-state index is 9.95. The zero-order chi connectivity index (χ0) is 14.1. The molecule has 1 rings (SSSR count). The van der Waals surface area contributed by atoms with Crippen LogP contribution in [0.5, 0.6) is 0 Å². The minimum Gasteiger partial charge on any atom is -0.504 e. The number of nitrogens with one attached hydrogen (secondary N) is 3. The van der Waals surface area contributed by atoms with E-state index in [2.05, 4.69) is 35.0 Å². The number of nitrogens with zero attached hydrogens (tertiary/aromatic N) is 1. The average molecular weight is 264 g/mol. The highest BCUT2D eigenvalue weighted by Gasteiger charge is 2.17. The normalized spacial score (nSPS) is 25.2. The molecule has 106 valence electrons. The van der Waals surface area contributed by atoms with Crippen molar-refractivity contribution >= 4 is 5.84 Å². The summed E-state index contributed by atoms with van der Waals surface area (Å²) in [5, 5.41) is 13.1. The first-order valence-electron chi connectivity index (χ1n) is 6.46. The third-order valence-corrected chi connectivity index (χ3v) is 2.60. The molecule has 5 heteroatoms. The second-order valence-corrected chi connectivity index (χ2v) is 5.23. The van der Waals surface area contributed by atoms with E-state index in [1.165, 1.54) is 0 Å². The van der Waals surface area contributed by atoms with Crippen LogP contribution in [0, 0.1) is 5.41 Å². The molecule has 0 saturated heterocycles. The van der Waals surface area contributed by atoms with Crippen LogP contribution in [0.3, 0.4) is 0 Å².